The highest BCUT2D eigenvalue weighted by atomic mass is 15.2. The minimum Gasteiger partial charge on any atom is -0.353 e. The molecule has 0 unspecified atom stereocenters. The van der Waals surface area contributed by atoms with Crippen LogP contribution in [0.15, 0.2) is 16.6 Å². The van der Waals surface area contributed by atoms with Gasteiger partial charge in [0.25, 0.3) is 0 Å². The number of rotatable bonds is 0. The maximum absolute atomic E-state index is 8.83. The van der Waals surface area contributed by atoms with Crippen LogP contribution in [0.3, 0.4) is 0 Å². The van der Waals surface area contributed by atoms with Crippen molar-refractivity contribution in [2.75, 3.05) is 32.7 Å². The highest BCUT2D eigenvalue weighted by Crippen LogP contribution is 2.10. The van der Waals surface area contributed by atoms with Crippen molar-refractivity contribution in [1.82, 2.24) is 10.2 Å². The van der Waals surface area contributed by atoms with Crippen molar-refractivity contribution in [2.45, 2.75) is 0 Å². The van der Waals surface area contributed by atoms with Crippen LogP contribution in [0.4, 0.5) is 0 Å². The summed E-state index contributed by atoms with van der Waals surface area (Å²) < 4.78 is 0. The van der Waals surface area contributed by atoms with E-state index in [-0.39, 0.29) is 0 Å². The largest absolute Gasteiger partial charge is 0.353 e. The molecule has 0 radical (unpaired) electrons. The standard InChI is InChI=1S/C9H12N4/c10-7-8-1-2-12-9(8)13-5-3-11-4-6-13/h1,11H,2-6H2. The molecule has 0 aromatic heterocycles. The zero-order valence-electron chi connectivity index (χ0n) is 7.45. The minimum atomic E-state index is 0.669. The summed E-state index contributed by atoms with van der Waals surface area (Å²) in [5.41, 5.74) is 0.738. The summed E-state index contributed by atoms with van der Waals surface area (Å²) in [5, 5.41) is 12.1. The van der Waals surface area contributed by atoms with Gasteiger partial charge in [-0.05, 0) is 6.08 Å². The Morgan fingerprint density at radius 1 is 1.46 bits per heavy atom. The molecule has 4 nitrogen and oxygen atoms in total. The average molecular weight is 176 g/mol. The van der Waals surface area contributed by atoms with Crippen LogP contribution in [0.5, 0.6) is 0 Å². The van der Waals surface area contributed by atoms with E-state index in [2.05, 4.69) is 21.3 Å². The second-order valence-corrected chi connectivity index (χ2v) is 3.13. The molecule has 0 spiro atoms. The van der Waals surface area contributed by atoms with Crippen LogP contribution in [-0.2, 0) is 0 Å². The Morgan fingerprint density at radius 2 is 2.23 bits per heavy atom. The van der Waals surface area contributed by atoms with E-state index in [0.29, 0.717) is 6.54 Å². The van der Waals surface area contributed by atoms with E-state index in [0.717, 1.165) is 37.6 Å². The first kappa shape index (κ1) is 8.27. The third kappa shape index (κ3) is 1.56. The fraction of sp³-hybridized carbons (Fsp3) is 0.556. The van der Waals surface area contributed by atoms with Gasteiger partial charge in [-0.3, -0.25) is 4.99 Å². The molecule has 0 aliphatic carbocycles. The second-order valence-electron chi connectivity index (χ2n) is 3.13. The Hall–Kier alpha value is -1.34. The molecule has 1 N–H and O–H groups in total. The Labute approximate surface area is 77.6 Å². The van der Waals surface area contributed by atoms with Crippen molar-refractivity contribution < 1.29 is 0 Å². The van der Waals surface area contributed by atoms with E-state index in [1.54, 1.807) is 0 Å². The van der Waals surface area contributed by atoms with Crippen molar-refractivity contribution in [1.29, 1.82) is 5.26 Å². The number of hydrogen-bond donors (Lipinski definition) is 1. The molecular weight excluding hydrogens is 164 g/mol. The fourth-order valence-corrected chi connectivity index (χ4v) is 1.64. The fourth-order valence-electron chi connectivity index (χ4n) is 1.64. The summed E-state index contributed by atoms with van der Waals surface area (Å²) in [6, 6.07) is 2.18. The molecule has 0 saturated carbocycles. The van der Waals surface area contributed by atoms with Crippen molar-refractivity contribution in [2.24, 2.45) is 4.99 Å². The highest BCUT2D eigenvalue weighted by molar-refractivity contribution is 6.03. The van der Waals surface area contributed by atoms with E-state index in [1.807, 2.05) is 6.08 Å². The Balaban J connectivity index is 2.08. The predicted molar refractivity (Wildman–Crippen MR) is 50.4 cm³/mol. The van der Waals surface area contributed by atoms with E-state index >= 15 is 0 Å². The molecule has 0 atom stereocenters. The monoisotopic (exact) mass is 176 g/mol. The summed E-state index contributed by atoms with van der Waals surface area (Å²) in [7, 11) is 0. The Kier molecular flexibility index (Phi) is 2.28. The zero-order valence-corrected chi connectivity index (χ0v) is 7.45. The molecular formula is C9H12N4. The maximum atomic E-state index is 8.83. The lowest BCUT2D eigenvalue weighted by Crippen LogP contribution is -2.46. The molecule has 2 aliphatic rings. The lowest BCUT2D eigenvalue weighted by Gasteiger charge is -2.29. The van der Waals surface area contributed by atoms with Gasteiger partial charge in [-0.15, -0.1) is 0 Å². The molecule has 13 heavy (non-hydrogen) atoms. The quantitative estimate of drug-likeness (QED) is 0.554. The minimum absolute atomic E-state index is 0.669. The number of nitrogens with one attached hydrogen (secondary N) is 1. The van der Waals surface area contributed by atoms with Crippen LogP contribution in [-0.4, -0.2) is 43.5 Å². The third-order valence-electron chi connectivity index (χ3n) is 2.31. The summed E-state index contributed by atoms with van der Waals surface area (Å²) in [4.78, 5) is 6.49. The lowest BCUT2D eigenvalue weighted by atomic mass is 10.2. The number of piperazine rings is 1. The summed E-state index contributed by atoms with van der Waals surface area (Å²) in [5.74, 6) is 0.893. The molecule has 1 fully saturated rings. The van der Waals surface area contributed by atoms with Crippen LogP contribution in [0.25, 0.3) is 0 Å². The number of nitrogens with zero attached hydrogens (tertiary/aromatic N) is 3. The molecule has 0 aromatic carbocycles. The molecule has 2 aliphatic heterocycles. The Bertz CT molecular complexity index is 291. The van der Waals surface area contributed by atoms with Gasteiger partial charge in [0.2, 0.25) is 0 Å². The van der Waals surface area contributed by atoms with Crippen LogP contribution < -0.4 is 5.32 Å². The highest BCUT2D eigenvalue weighted by Gasteiger charge is 2.20. The van der Waals surface area contributed by atoms with Crippen LogP contribution >= 0.6 is 0 Å². The van der Waals surface area contributed by atoms with Gasteiger partial charge in [-0.1, -0.05) is 0 Å². The molecule has 0 bridgehead atoms. The number of amidine groups is 1. The van der Waals surface area contributed by atoms with Gasteiger partial charge in [0.1, 0.15) is 11.9 Å². The summed E-state index contributed by atoms with van der Waals surface area (Å²) >= 11 is 0. The van der Waals surface area contributed by atoms with E-state index in [9.17, 15) is 0 Å². The van der Waals surface area contributed by atoms with Crippen LogP contribution in [0, 0.1) is 11.3 Å². The lowest BCUT2D eigenvalue weighted by molar-refractivity contribution is 0.358. The smallest absolute Gasteiger partial charge is 0.141 e. The first-order valence-corrected chi connectivity index (χ1v) is 4.52. The maximum Gasteiger partial charge on any atom is 0.141 e. The van der Waals surface area contributed by atoms with Crippen molar-refractivity contribution >= 4 is 5.84 Å². The second kappa shape index (κ2) is 3.58. The Morgan fingerprint density at radius 3 is 2.92 bits per heavy atom. The number of hydrogen-bond acceptors (Lipinski definition) is 4. The van der Waals surface area contributed by atoms with E-state index in [1.165, 1.54) is 0 Å². The van der Waals surface area contributed by atoms with E-state index < -0.39 is 0 Å². The van der Waals surface area contributed by atoms with Crippen LogP contribution in [0.1, 0.15) is 0 Å². The predicted octanol–water partition coefficient (Wildman–Crippen LogP) is -0.246. The van der Waals surface area contributed by atoms with Crippen molar-refractivity contribution in [3.05, 3.63) is 11.6 Å². The van der Waals surface area contributed by atoms with Crippen molar-refractivity contribution in [3.8, 4) is 6.07 Å². The van der Waals surface area contributed by atoms with Gasteiger partial charge < -0.3 is 10.2 Å². The van der Waals surface area contributed by atoms with Gasteiger partial charge in [0.15, 0.2) is 0 Å². The topological polar surface area (TPSA) is 51.4 Å². The van der Waals surface area contributed by atoms with E-state index in [4.69, 9.17) is 5.26 Å². The molecule has 0 amide bonds. The van der Waals surface area contributed by atoms with Crippen LogP contribution in [0.2, 0.25) is 0 Å². The van der Waals surface area contributed by atoms with Crippen molar-refractivity contribution in [3.63, 3.8) is 0 Å². The van der Waals surface area contributed by atoms with Gasteiger partial charge in [0, 0.05) is 26.2 Å². The normalized spacial score (nSPS) is 22.2. The molecule has 2 heterocycles. The zero-order chi connectivity index (χ0) is 9.10. The summed E-state index contributed by atoms with van der Waals surface area (Å²) in [6.45, 7) is 4.55. The molecule has 68 valence electrons. The third-order valence-corrected chi connectivity index (χ3v) is 2.31. The number of aliphatic imine (C=N–C) groups is 1. The average Bonchev–Trinajstić information content (AvgIpc) is 2.67. The first-order chi connectivity index (χ1) is 6.42. The molecule has 4 heteroatoms. The van der Waals surface area contributed by atoms with Gasteiger partial charge in [0.05, 0.1) is 12.1 Å². The van der Waals surface area contributed by atoms with Gasteiger partial charge in [-0.25, -0.2) is 0 Å². The first-order valence-electron chi connectivity index (χ1n) is 4.52. The molecule has 0 aromatic rings. The van der Waals surface area contributed by atoms with Gasteiger partial charge in [-0.2, -0.15) is 5.26 Å². The molecule has 1 saturated heterocycles. The molecule has 2 rings (SSSR count). The number of nitriles is 1. The summed E-state index contributed by atoms with van der Waals surface area (Å²) in [6.07, 6.45) is 1.89. The van der Waals surface area contributed by atoms with Gasteiger partial charge >= 0.3 is 0 Å². The SMILES string of the molecule is N#CC1=CCN=C1N1CCNCC1.